The number of aryl methyl sites for hydroxylation is 1. The summed E-state index contributed by atoms with van der Waals surface area (Å²) < 4.78 is 0. The molecule has 0 aromatic heterocycles. The van der Waals surface area contributed by atoms with Crippen molar-refractivity contribution in [2.75, 3.05) is 10.8 Å². The minimum absolute atomic E-state index is 0.222. The number of carbonyl (C=O) groups excluding carboxylic acids is 1. The summed E-state index contributed by atoms with van der Waals surface area (Å²) >= 11 is 1.25. The lowest BCUT2D eigenvalue weighted by Crippen LogP contribution is -2.28. The number of carbonyl (C=O) groups is 1. The van der Waals surface area contributed by atoms with Gasteiger partial charge >= 0.3 is 0 Å². The maximum atomic E-state index is 11.5. The molecule has 0 radical (unpaired) electrons. The van der Waals surface area contributed by atoms with Gasteiger partial charge in [-0.15, -0.1) is 0 Å². The van der Waals surface area contributed by atoms with Crippen molar-refractivity contribution in [3.63, 3.8) is 0 Å². The number of thioether (sulfide) groups is 1. The Hall–Kier alpha value is -1.00. The zero-order chi connectivity index (χ0) is 10.1. The van der Waals surface area contributed by atoms with E-state index < -0.39 is 5.44 Å². The van der Waals surface area contributed by atoms with Crippen LogP contribution >= 0.6 is 11.8 Å². The summed E-state index contributed by atoms with van der Waals surface area (Å²) in [5, 5.41) is 9.27. The van der Waals surface area contributed by atoms with Crippen LogP contribution in [0.25, 0.3) is 0 Å². The van der Waals surface area contributed by atoms with Crippen LogP contribution in [0.3, 0.4) is 0 Å². The quantitative estimate of drug-likeness (QED) is 0.759. The maximum Gasteiger partial charge on any atom is 0.267 e. The third-order valence-corrected chi connectivity index (χ3v) is 3.08. The largest absolute Gasteiger partial charge is 0.373 e. The van der Waals surface area contributed by atoms with Crippen LogP contribution in [-0.2, 0) is 4.79 Å². The molecule has 2 rings (SSSR count). The minimum atomic E-state index is -0.893. The van der Waals surface area contributed by atoms with E-state index in [-0.39, 0.29) is 5.91 Å². The van der Waals surface area contributed by atoms with E-state index in [4.69, 9.17) is 0 Å². The van der Waals surface area contributed by atoms with Crippen LogP contribution in [0.2, 0.25) is 0 Å². The molecule has 1 aromatic carbocycles. The molecule has 1 aromatic rings. The van der Waals surface area contributed by atoms with Gasteiger partial charge in [-0.1, -0.05) is 23.9 Å². The van der Waals surface area contributed by atoms with E-state index in [0.29, 0.717) is 5.88 Å². The monoisotopic (exact) mass is 209 g/mol. The van der Waals surface area contributed by atoms with Crippen LogP contribution in [0.1, 0.15) is 5.56 Å². The van der Waals surface area contributed by atoms with Crippen molar-refractivity contribution in [2.24, 2.45) is 0 Å². The number of aliphatic hydroxyl groups is 1. The second kappa shape index (κ2) is 3.63. The van der Waals surface area contributed by atoms with Crippen LogP contribution in [0.15, 0.2) is 24.3 Å². The number of hydrogen-bond acceptors (Lipinski definition) is 3. The van der Waals surface area contributed by atoms with Crippen LogP contribution in [0.5, 0.6) is 0 Å². The molecular weight excluding hydrogens is 198 g/mol. The summed E-state index contributed by atoms with van der Waals surface area (Å²) in [6.07, 6.45) is 0. The second-order valence-electron chi connectivity index (χ2n) is 3.25. The number of benzene rings is 1. The number of amides is 1. The van der Waals surface area contributed by atoms with Crippen LogP contribution < -0.4 is 4.90 Å². The van der Waals surface area contributed by atoms with Gasteiger partial charge in [-0.05, 0) is 24.6 Å². The fourth-order valence-electron chi connectivity index (χ4n) is 1.41. The molecule has 1 saturated heterocycles. The van der Waals surface area contributed by atoms with Gasteiger partial charge in [0.25, 0.3) is 5.91 Å². The molecule has 1 N–H and O–H groups in total. The standard InChI is InChI=1S/C10H11NO2S/c1-7-3-2-4-8(5-7)11-6-14-10(13)9(11)12/h2-5,10,13H,6H2,1H3. The molecule has 1 atom stereocenters. The average molecular weight is 209 g/mol. The number of anilines is 1. The van der Waals surface area contributed by atoms with Crippen LogP contribution in [0.4, 0.5) is 5.69 Å². The Morgan fingerprint density at radius 2 is 2.36 bits per heavy atom. The highest BCUT2D eigenvalue weighted by molar-refractivity contribution is 8.01. The summed E-state index contributed by atoms with van der Waals surface area (Å²) in [5.74, 6) is 0.310. The molecule has 1 amide bonds. The van der Waals surface area contributed by atoms with Gasteiger partial charge in [-0.25, -0.2) is 0 Å². The molecule has 1 heterocycles. The molecule has 3 nitrogen and oxygen atoms in total. The lowest BCUT2D eigenvalue weighted by molar-refractivity contribution is -0.121. The van der Waals surface area contributed by atoms with Crippen LogP contribution in [0, 0.1) is 6.92 Å². The summed E-state index contributed by atoms with van der Waals surface area (Å²) in [4.78, 5) is 13.1. The fourth-order valence-corrected chi connectivity index (χ4v) is 2.25. The van der Waals surface area contributed by atoms with Gasteiger partial charge in [-0.2, -0.15) is 0 Å². The fraction of sp³-hybridized carbons (Fsp3) is 0.300. The van der Waals surface area contributed by atoms with Crippen molar-refractivity contribution in [1.82, 2.24) is 0 Å². The van der Waals surface area contributed by atoms with E-state index in [1.807, 2.05) is 31.2 Å². The molecule has 1 aliphatic rings. The Labute approximate surface area is 86.7 Å². The van der Waals surface area contributed by atoms with E-state index in [0.717, 1.165) is 11.3 Å². The molecule has 74 valence electrons. The molecule has 0 saturated carbocycles. The Balaban J connectivity index is 2.28. The van der Waals surface area contributed by atoms with E-state index in [2.05, 4.69) is 0 Å². The summed E-state index contributed by atoms with van der Waals surface area (Å²) in [5.41, 5.74) is 1.08. The smallest absolute Gasteiger partial charge is 0.267 e. The van der Waals surface area contributed by atoms with Gasteiger partial charge in [0.15, 0.2) is 5.44 Å². The zero-order valence-electron chi connectivity index (χ0n) is 7.80. The van der Waals surface area contributed by atoms with Crippen molar-refractivity contribution in [1.29, 1.82) is 0 Å². The van der Waals surface area contributed by atoms with E-state index in [1.165, 1.54) is 11.8 Å². The van der Waals surface area contributed by atoms with Gasteiger partial charge in [0.1, 0.15) is 0 Å². The minimum Gasteiger partial charge on any atom is -0.373 e. The molecule has 1 unspecified atom stereocenters. The SMILES string of the molecule is Cc1cccc(N2CSC(O)C2=O)c1. The molecule has 14 heavy (non-hydrogen) atoms. The maximum absolute atomic E-state index is 11.5. The predicted octanol–water partition coefficient (Wildman–Crippen LogP) is 1.35. The second-order valence-corrected chi connectivity index (χ2v) is 4.29. The van der Waals surface area contributed by atoms with Crippen LogP contribution in [-0.4, -0.2) is 22.3 Å². The molecule has 4 heteroatoms. The van der Waals surface area contributed by atoms with Gasteiger partial charge in [0.2, 0.25) is 0 Å². The van der Waals surface area contributed by atoms with Crippen molar-refractivity contribution in [3.05, 3.63) is 29.8 Å². The van der Waals surface area contributed by atoms with Crippen molar-refractivity contribution in [2.45, 2.75) is 12.4 Å². The first-order valence-electron chi connectivity index (χ1n) is 4.36. The predicted molar refractivity (Wildman–Crippen MR) is 57.1 cm³/mol. The first kappa shape index (κ1) is 9.55. The van der Waals surface area contributed by atoms with Gasteiger partial charge in [0, 0.05) is 5.69 Å². The third kappa shape index (κ3) is 1.63. The summed E-state index contributed by atoms with van der Waals surface area (Å²) in [7, 11) is 0. The normalized spacial score (nSPS) is 21.7. The number of hydrogen-bond donors (Lipinski definition) is 1. The average Bonchev–Trinajstić information content (AvgIpc) is 2.48. The highest BCUT2D eigenvalue weighted by atomic mass is 32.2. The summed E-state index contributed by atoms with van der Waals surface area (Å²) in [6, 6.07) is 7.71. The molecule has 0 bridgehead atoms. The Morgan fingerprint density at radius 3 is 2.93 bits per heavy atom. The Kier molecular flexibility index (Phi) is 2.48. The molecule has 1 aliphatic heterocycles. The van der Waals surface area contributed by atoms with Gasteiger partial charge in [0.05, 0.1) is 5.88 Å². The van der Waals surface area contributed by atoms with E-state index >= 15 is 0 Å². The molecule has 0 aliphatic carbocycles. The number of rotatable bonds is 1. The van der Waals surface area contributed by atoms with E-state index in [9.17, 15) is 9.90 Å². The topological polar surface area (TPSA) is 40.5 Å². The Bertz CT molecular complexity index is 367. The first-order chi connectivity index (χ1) is 6.68. The van der Waals surface area contributed by atoms with Crippen molar-refractivity contribution in [3.8, 4) is 0 Å². The van der Waals surface area contributed by atoms with Crippen molar-refractivity contribution >= 4 is 23.4 Å². The van der Waals surface area contributed by atoms with Crippen molar-refractivity contribution < 1.29 is 9.90 Å². The first-order valence-corrected chi connectivity index (χ1v) is 5.41. The Morgan fingerprint density at radius 1 is 1.57 bits per heavy atom. The number of nitrogens with zero attached hydrogens (tertiary/aromatic N) is 1. The summed E-state index contributed by atoms with van der Waals surface area (Å²) in [6.45, 7) is 1.98. The van der Waals surface area contributed by atoms with Gasteiger partial charge in [-0.3, -0.25) is 9.69 Å². The molecule has 0 spiro atoms. The highest BCUT2D eigenvalue weighted by Crippen LogP contribution is 2.27. The zero-order valence-corrected chi connectivity index (χ0v) is 8.62. The number of aliphatic hydroxyl groups excluding tert-OH is 1. The highest BCUT2D eigenvalue weighted by Gasteiger charge is 2.31. The molecule has 1 fully saturated rings. The lowest BCUT2D eigenvalue weighted by atomic mass is 10.2. The molecular formula is C10H11NO2S. The lowest BCUT2D eigenvalue weighted by Gasteiger charge is -2.14. The van der Waals surface area contributed by atoms with E-state index in [1.54, 1.807) is 4.90 Å². The van der Waals surface area contributed by atoms with Gasteiger partial charge < -0.3 is 5.11 Å². The third-order valence-electron chi connectivity index (χ3n) is 2.15.